The number of amides is 1. The highest BCUT2D eigenvalue weighted by atomic mass is 35.5. The molecule has 10 heteroatoms. The normalized spacial score (nSPS) is 14.1. The largest absolute Gasteiger partial charge is 0.489 e. The predicted molar refractivity (Wildman–Crippen MR) is 200 cm³/mol. The van der Waals surface area contributed by atoms with Crippen LogP contribution in [0.15, 0.2) is 109 Å². The first kappa shape index (κ1) is 36.6. The molecule has 1 amide bonds. The molecule has 0 fully saturated rings. The molecule has 1 atom stereocenters. The summed E-state index contributed by atoms with van der Waals surface area (Å²) in [7, 11) is 0. The van der Waals surface area contributed by atoms with Crippen LogP contribution < -0.4 is 24.8 Å². The van der Waals surface area contributed by atoms with E-state index in [4.69, 9.17) is 42.7 Å². The third kappa shape index (κ3) is 9.71. The highest BCUT2D eigenvalue weighted by Crippen LogP contribution is 2.35. The Morgan fingerprint density at radius 1 is 0.820 bits per heavy atom. The number of ether oxygens (including phenoxy) is 3. The van der Waals surface area contributed by atoms with Crippen molar-refractivity contribution >= 4 is 41.5 Å². The average molecular weight is 729 g/mol. The van der Waals surface area contributed by atoms with Crippen LogP contribution in [0, 0.1) is 11.3 Å². The Morgan fingerprint density at radius 2 is 1.46 bits per heavy atom. The Hall–Kier alpha value is -4.71. The number of carbonyl (C=O) groups is 1. The molecule has 1 unspecified atom stereocenters. The fourth-order valence-corrected chi connectivity index (χ4v) is 5.93. The van der Waals surface area contributed by atoms with Gasteiger partial charge in [-0.05, 0) is 94.8 Å². The highest BCUT2D eigenvalue weighted by molar-refractivity contribution is 6.42. The first-order valence-electron chi connectivity index (χ1n) is 16.1. The van der Waals surface area contributed by atoms with Crippen LogP contribution in [0.2, 0.25) is 10.0 Å². The number of carbonyl (C=O) groups excluding carboxylic acids is 1. The molecule has 50 heavy (non-hydrogen) atoms. The van der Waals surface area contributed by atoms with Crippen LogP contribution in [0.25, 0.3) is 11.1 Å². The zero-order chi connectivity index (χ0) is 34.0. The highest BCUT2D eigenvalue weighted by Gasteiger charge is 2.26. The van der Waals surface area contributed by atoms with Crippen LogP contribution >= 0.6 is 35.6 Å². The van der Waals surface area contributed by atoms with E-state index in [9.17, 15) is 4.79 Å². The van der Waals surface area contributed by atoms with Crippen LogP contribution in [0.1, 0.15) is 27.8 Å². The number of para-hydroxylation sites is 1. The molecule has 0 saturated carbocycles. The number of benzene rings is 5. The monoisotopic (exact) mass is 727 g/mol. The molecule has 7 nitrogen and oxygen atoms in total. The Balaban J connectivity index is 0.000000241. The van der Waals surface area contributed by atoms with E-state index in [1.54, 1.807) is 6.07 Å². The van der Waals surface area contributed by atoms with E-state index in [2.05, 4.69) is 41.0 Å². The van der Waals surface area contributed by atoms with E-state index in [1.807, 2.05) is 78.9 Å². The van der Waals surface area contributed by atoms with Gasteiger partial charge >= 0.3 is 0 Å². The number of nitriles is 1. The van der Waals surface area contributed by atoms with Gasteiger partial charge in [0.15, 0.2) is 11.5 Å². The van der Waals surface area contributed by atoms with Crippen molar-refractivity contribution in [3.8, 4) is 34.4 Å². The van der Waals surface area contributed by atoms with E-state index in [0.717, 1.165) is 51.5 Å². The van der Waals surface area contributed by atoms with Crippen molar-refractivity contribution in [2.75, 3.05) is 19.8 Å². The number of hydrogen-bond donors (Lipinski definition) is 2. The minimum absolute atomic E-state index is 0. The fraction of sp³-hybridized carbons (Fsp3) is 0.200. The summed E-state index contributed by atoms with van der Waals surface area (Å²) in [6.45, 7) is 2.84. The molecule has 256 valence electrons. The third-order valence-corrected chi connectivity index (χ3v) is 9.03. The molecule has 0 bridgehead atoms. The van der Waals surface area contributed by atoms with Gasteiger partial charge in [0.25, 0.3) is 0 Å². The standard InChI is InChI=1S/C27H25N3O3.C13H10Cl2O.ClH/c28-16-19-3-7-21(8-4-19)20-5-1-18(2-6-20)9-10-29-27(31)24-13-22-14-25-26(33-12-11-32-25)15-23(22)17-30-24;14-12-7-6-10(8-13(12)15)9-16-11-4-2-1-3-5-11;/h1-8,14-15,24,30H,9-13,17H2,(H,29,31);1-8H,9H2;1H. The minimum atomic E-state index is -0.251. The number of fused-ring (bicyclic) bond motifs is 2. The molecule has 0 radical (unpaired) electrons. The van der Waals surface area contributed by atoms with Gasteiger partial charge in [-0.2, -0.15) is 5.26 Å². The first-order chi connectivity index (χ1) is 23.9. The van der Waals surface area contributed by atoms with Gasteiger partial charge in [-0.1, -0.05) is 83.9 Å². The summed E-state index contributed by atoms with van der Waals surface area (Å²) in [5, 5.41) is 16.4. The van der Waals surface area contributed by atoms with E-state index in [1.165, 1.54) is 5.56 Å². The van der Waals surface area contributed by atoms with Crippen molar-refractivity contribution in [3.63, 3.8) is 0 Å². The smallest absolute Gasteiger partial charge is 0.237 e. The van der Waals surface area contributed by atoms with Crippen molar-refractivity contribution in [2.45, 2.75) is 32.0 Å². The topological polar surface area (TPSA) is 92.6 Å². The Bertz CT molecular complexity index is 1930. The Labute approximate surface area is 308 Å². The number of rotatable bonds is 8. The quantitative estimate of drug-likeness (QED) is 0.167. The second-order valence-corrected chi connectivity index (χ2v) is 12.5. The van der Waals surface area contributed by atoms with Gasteiger partial charge in [0.1, 0.15) is 25.6 Å². The molecule has 7 rings (SSSR count). The Morgan fingerprint density at radius 3 is 2.12 bits per heavy atom. The summed E-state index contributed by atoms with van der Waals surface area (Å²) < 4.78 is 16.9. The lowest BCUT2D eigenvalue weighted by Crippen LogP contribution is -2.48. The van der Waals surface area contributed by atoms with Crippen molar-refractivity contribution in [1.82, 2.24) is 10.6 Å². The van der Waals surface area contributed by atoms with Gasteiger partial charge in [0.05, 0.1) is 27.7 Å². The van der Waals surface area contributed by atoms with Crippen molar-refractivity contribution < 1.29 is 19.0 Å². The second-order valence-electron chi connectivity index (χ2n) is 11.7. The Kier molecular flexibility index (Phi) is 13.0. The van der Waals surface area contributed by atoms with Gasteiger partial charge in [0, 0.05) is 13.1 Å². The summed E-state index contributed by atoms with van der Waals surface area (Å²) in [5.74, 6) is 2.42. The second kappa shape index (κ2) is 17.8. The molecule has 2 aliphatic heterocycles. The molecule has 5 aromatic rings. The minimum Gasteiger partial charge on any atom is -0.489 e. The molecule has 2 aliphatic rings. The van der Waals surface area contributed by atoms with Crippen LogP contribution in [0.4, 0.5) is 0 Å². The summed E-state index contributed by atoms with van der Waals surface area (Å²) in [6.07, 6.45) is 1.40. The van der Waals surface area contributed by atoms with Crippen LogP contribution in [0.3, 0.4) is 0 Å². The summed E-state index contributed by atoms with van der Waals surface area (Å²) in [6, 6.07) is 36.9. The maximum atomic E-state index is 12.7. The summed E-state index contributed by atoms with van der Waals surface area (Å²) >= 11 is 11.7. The number of nitrogens with one attached hydrogen (secondary N) is 2. The van der Waals surface area contributed by atoms with Crippen LogP contribution in [0.5, 0.6) is 17.2 Å². The molecule has 0 spiro atoms. The number of halogens is 3. The van der Waals surface area contributed by atoms with Crippen LogP contribution in [-0.2, 0) is 30.8 Å². The van der Waals surface area contributed by atoms with Gasteiger partial charge in [0.2, 0.25) is 5.91 Å². The molecule has 0 aromatic heterocycles. The van der Waals surface area contributed by atoms with Crippen molar-refractivity contribution in [3.05, 3.63) is 147 Å². The van der Waals surface area contributed by atoms with Crippen molar-refractivity contribution in [1.29, 1.82) is 5.26 Å². The van der Waals surface area contributed by atoms with Gasteiger partial charge in [-0.15, -0.1) is 12.4 Å². The molecular formula is C40H36Cl3N3O4. The lowest BCUT2D eigenvalue weighted by molar-refractivity contribution is -0.123. The zero-order valence-corrected chi connectivity index (χ0v) is 29.5. The predicted octanol–water partition coefficient (Wildman–Crippen LogP) is 8.36. The van der Waals surface area contributed by atoms with Gasteiger partial charge < -0.3 is 24.8 Å². The molecule has 0 saturated heterocycles. The maximum Gasteiger partial charge on any atom is 0.237 e. The summed E-state index contributed by atoms with van der Waals surface area (Å²) in [5.41, 5.74) is 7.30. The lowest BCUT2D eigenvalue weighted by Gasteiger charge is -2.28. The van der Waals surface area contributed by atoms with E-state index >= 15 is 0 Å². The molecule has 2 heterocycles. The molecular weight excluding hydrogens is 693 g/mol. The zero-order valence-electron chi connectivity index (χ0n) is 27.2. The molecule has 5 aromatic carbocycles. The van der Waals surface area contributed by atoms with Gasteiger partial charge in [-0.3, -0.25) is 4.79 Å². The van der Waals surface area contributed by atoms with E-state index in [-0.39, 0.29) is 24.4 Å². The lowest BCUT2D eigenvalue weighted by atomic mass is 9.94. The first-order valence-corrected chi connectivity index (χ1v) is 16.8. The van der Waals surface area contributed by atoms with Crippen LogP contribution in [-0.4, -0.2) is 31.7 Å². The SMILES string of the molecule is Cl.Clc1ccc(COc2ccccc2)cc1Cl.N#Cc1ccc(-c2ccc(CCNC(=O)C3Cc4cc5c(cc4CN3)OCCO5)cc2)cc1. The van der Waals surface area contributed by atoms with Gasteiger partial charge in [-0.25, -0.2) is 0 Å². The third-order valence-electron chi connectivity index (χ3n) is 8.29. The van der Waals surface area contributed by atoms with E-state index < -0.39 is 0 Å². The average Bonchev–Trinajstić information content (AvgIpc) is 3.15. The van der Waals surface area contributed by atoms with E-state index in [0.29, 0.717) is 54.9 Å². The molecule has 2 N–H and O–H groups in total. The maximum absolute atomic E-state index is 12.7. The molecule has 0 aliphatic carbocycles. The number of hydrogen-bond acceptors (Lipinski definition) is 6. The number of nitrogens with zero attached hydrogens (tertiary/aromatic N) is 1. The fourth-order valence-electron chi connectivity index (χ4n) is 5.61. The summed E-state index contributed by atoms with van der Waals surface area (Å²) in [4.78, 5) is 12.7. The van der Waals surface area contributed by atoms with Crippen molar-refractivity contribution in [2.24, 2.45) is 0 Å².